The third-order valence-electron chi connectivity index (χ3n) is 5.89. The molecule has 0 saturated carbocycles. The molecule has 3 unspecified atom stereocenters. The average molecular weight is 279 g/mol. The van der Waals surface area contributed by atoms with Gasteiger partial charge in [-0.15, -0.1) is 0 Å². The molecule has 0 aromatic carbocycles. The molecule has 3 atom stereocenters. The highest BCUT2D eigenvalue weighted by Gasteiger charge is 2.41. The maximum atomic E-state index is 3.77. The van der Waals surface area contributed by atoms with E-state index in [1.54, 1.807) is 0 Å². The molecule has 0 radical (unpaired) electrons. The topological polar surface area (TPSA) is 18.5 Å². The van der Waals surface area contributed by atoms with E-state index in [4.69, 9.17) is 0 Å². The highest BCUT2D eigenvalue weighted by Crippen LogP contribution is 2.36. The second-order valence-electron chi connectivity index (χ2n) is 7.13. The van der Waals surface area contributed by atoms with Gasteiger partial charge < -0.3 is 5.32 Å². The number of piperidine rings is 1. The van der Waals surface area contributed by atoms with Crippen molar-refractivity contribution in [2.45, 2.75) is 83.0 Å². The summed E-state index contributed by atoms with van der Waals surface area (Å²) in [6.07, 6.45) is 9.82. The predicted molar refractivity (Wildman–Crippen MR) is 85.1 cm³/mol. The minimum atomic E-state index is 0.801. The second kappa shape index (κ2) is 6.76. The molecule has 3 fully saturated rings. The first-order valence-corrected chi connectivity index (χ1v) is 9.05. The molecule has 3 aliphatic rings. The number of likely N-dealkylation sites (tertiary alicyclic amines) is 1. The molecule has 116 valence electrons. The zero-order valence-electron chi connectivity index (χ0n) is 13.5. The van der Waals surface area contributed by atoms with Gasteiger partial charge in [0.2, 0.25) is 0 Å². The lowest BCUT2D eigenvalue weighted by atomic mass is 9.96. The molecular weight excluding hydrogens is 246 g/mol. The van der Waals surface area contributed by atoms with Crippen molar-refractivity contribution in [3.05, 3.63) is 0 Å². The Bertz CT molecular complexity index is 293. The van der Waals surface area contributed by atoms with Crippen LogP contribution in [0.25, 0.3) is 0 Å². The van der Waals surface area contributed by atoms with Gasteiger partial charge in [0.15, 0.2) is 0 Å². The fourth-order valence-corrected chi connectivity index (χ4v) is 4.85. The Kier molecular flexibility index (Phi) is 5.00. The highest BCUT2D eigenvalue weighted by atomic mass is 15.3. The minimum Gasteiger partial charge on any atom is -0.314 e. The molecule has 0 spiro atoms. The van der Waals surface area contributed by atoms with Gasteiger partial charge in [-0.2, -0.15) is 0 Å². The molecule has 2 bridgehead atoms. The molecule has 3 aliphatic heterocycles. The van der Waals surface area contributed by atoms with E-state index in [2.05, 4.69) is 29.0 Å². The van der Waals surface area contributed by atoms with Crippen molar-refractivity contribution in [3.8, 4) is 0 Å². The summed E-state index contributed by atoms with van der Waals surface area (Å²) < 4.78 is 0. The van der Waals surface area contributed by atoms with Crippen molar-refractivity contribution in [1.82, 2.24) is 15.1 Å². The zero-order chi connectivity index (χ0) is 13.9. The van der Waals surface area contributed by atoms with Crippen molar-refractivity contribution in [2.24, 2.45) is 0 Å². The second-order valence-corrected chi connectivity index (χ2v) is 7.13. The van der Waals surface area contributed by atoms with E-state index in [-0.39, 0.29) is 0 Å². The van der Waals surface area contributed by atoms with Gasteiger partial charge in [0, 0.05) is 30.7 Å². The normalized spacial score (nSPS) is 38.7. The summed E-state index contributed by atoms with van der Waals surface area (Å²) in [5.41, 5.74) is 0. The summed E-state index contributed by atoms with van der Waals surface area (Å²) in [6.45, 7) is 9.74. The number of rotatable bonds is 6. The van der Waals surface area contributed by atoms with Gasteiger partial charge in [-0.05, 0) is 64.6 Å². The molecule has 0 aliphatic carbocycles. The number of nitrogens with zero attached hydrogens (tertiary/aromatic N) is 2. The smallest absolute Gasteiger partial charge is 0.0223 e. The van der Waals surface area contributed by atoms with E-state index >= 15 is 0 Å². The molecule has 0 aromatic heterocycles. The largest absolute Gasteiger partial charge is 0.314 e. The summed E-state index contributed by atoms with van der Waals surface area (Å²) in [6, 6.07) is 3.41. The van der Waals surface area contributed by atoms with Gasteiger partial charge in [0.25, 0.3) is 0 Å². The van der Waals surface area contributed by atoms with Crippen LogP contribution in [0.15, 0.2) is 0 Å². The first-order chi connectivity index (χ1) is 9.81. The Morgan fingerprint density at radius 3 is 2.45 bits per heavy atom. The Labute approximate surface area is 125 Å². The molecule has 1 N–H and O–H groups in total. The monoisotopic (exact) mass is 279 g/mol. The molecule has 3 saturated heterocycles. The van der Waals surface area contributed by atoms with Gasteiger partial charge in [-0.25, -0.2) is 0 Å². The summed E-state index contributed by atoms with van der Waals surface area (Å²) in [5, 5.41) is 3.77. The Morgan fingerprint density at radius 1 is 1.05 bits per heavy atom. The first kappa shape index (κ1) is 14.8. The fourth-order valence-electron chi connectivity index (χ4n) is 4.85. The van der Waals surface area contributed by atoms with Crippen molar-refractivity contribution < 1.29 is 0 Å². The number of fused-ring (bicyclic) bond motifs is 2. The standard InChI is InChI=1S/C17H33N3/c1-3-9-18-14-11-15-7-8-16(12-14)20(15)13-17-6-5-10-19(17)4-2/h14-18H,3-13H2,1-2H3. The van der Waals surface area contributed by atoms with E-state index in [9.17, 15) is 0 Å². The fraction of sp³-hybridized carbons (Fsp3) is 1.00. The third kappa shape index (κ3) is 3.05. The van der Waals surface area contributed by atoms with Crippen LogP contribution in [0.5, 0.6) is 0 Å². The van der Waals surface area contributed by atoms with Crippen LogP contribution in [-0.4, -0.2) is 60.1 Å². The van der Waals surface area contributed by atoms with Gasteiger partial charge >= 0.3 is 0 Å². The van der Waals surface area contributed by atoms with Crippen LogP contribution in [0.3, 0.4) is 0 Å². The van der Waals surface area contributed by atoms with Gasteiger partial charge in [0.05, 0.1) is 0 Å². The quantitative estimate of drug-likeness (QED) is 0.806. The average Bonchev–Trinajstić information content (AvgIpc) is 2.99. The van der Waals surface area contributed by atoms with E-state index in [0.29, 0.717) is 0 Å². The molecule has 0 amide bonds. The van der Waals surface area contributed by atoms with Crippen LogP contribution >= 0.6 is 0 Å². The number of hydrogen-bond acceptors (Lipinski definition) is 3. The van der Waals surface area contributed by atoms with E-state index < -0.39 is 0 Å². The predicted octanol–water partition coefficient (Wildman–Crippen LogP) is 2.47. The lowest BCUT2D eigenvalue weighted by molar-refractivity contribution is 0.0842. The number of nitrogens with one attached hydrogen (secondary N) is 1. The van der Waals surface area contributed by atoms with Crippen LogP contribution in [-0.2, 0) is 0 Å². The van der Waals surface area contributed by atoms with Crippen LogP contribution < -0.4 is 5.32 Å². The third-order valence-corrected chi connectivity index (χ3v) is 5.89. The number of hydrogen-bond donors (Lipinski definition) is 1. The van der Waals surface area contributed by atoms with Crippen LogP contribution in [0.1, 0.15) is 58.8 Å². The van der Waals surface area contributed by atoms with Crippen molar-refractivity contribution >= 4 is 0 Å². The van der Waals surface area contributed by atoms with Crippen LogP contribution in [0.4, 0.5) is 0 Å². The first-order valence-electron chi connectivity index (χ1n) is 9.05. The molecule has 3 heterocycles. The summed E-state index contributed by atoms with van der Waals surface area (Å²) in [4.78, 5) is 5.60. The maximum absolute atomic E-state index is 3.77. The SMILES string of the molecule is CCCNC1CC2CCC(C1)N2CC1CCCN1CC. The van der Waals surface area contributed by atoms with E-state index in [0.717, 1.165) is 24.2 Å². The van der Waals surface area contributed by atoms with Crippen LogP contribution in [0, 0.1) is 0 Å². The molecule has 3 nitrogen and oxygen atoms in total. The minimum absolute atomic E-state index is 0.801. The molecule has 3 heteroatoms. The van der Waals surface area contributed by atoms with Crippen molar-refractivity contribution in [2.75, 3.05) is 26.2 Å². The lowest BCUT2D eigenvalue weighted by Gasteiger charge is -2.41. The lowest BCUT2D eigenvalue weighted by Crippen LogP contribution is -2.52. The van der Waals surface area contributed by atoms with Gasteiger partial charge in [-0.3, -0.25) is 9.80 Å². The Morgan fingerprint density at radius 2 is 1.80 bits per heavy atom. The Balaban J connectivity index is 1.54. The van der Waals surface area contributed by atoms with Crippen LogP contribution in [0.2, 0.25) is 0 Å². The van der Waals surface area contributed by atoms with Crippen molar-refractivity contribution in [1.29, 1.82) is 0 Å². The van der Waals surface area contributed by atoms with Crippen molar-refractivity contribution in [3.63, 3.8) is 0 Å². The molecular formula is C17H33N3. The Hall–Kier alpha value is -0.120. The summed E-state index contributed by atoms with van der Waals surface area (Å²) >= 11 is 0. The highest BCUT2D eigenvalue weighted by molar-refractivity contribution is 4.99. The van der Waals surface area contributed by atoms with Gasteiger partial charge in [0.1, 0.15) is 0 Å². The molecule has 3 rings (SSSR count). The van der Waals surface area contributed by atoms with Gasteiger partial charge in [-0.1, -0.05) is 13.8 Å². The zero-order valence-corrected chi connectivity index (χ0v) is 13.5. The summed E-state index contributed by atoms with van der Waals surface area (Å²) in [5.74, 6) is 0. The maximum Gasteiger partial charge on any atom is 0.0223 e. The number of likely N-dealkylation sites (N-methyl/N-ethyl adjacent to an activating group) is 1. The van der Waals surface area contributed by atoms with E-state index in [1.165, 1.54) is 71.1 Å². The molecule has 20 heavy (non-hydrogen) atoms. The summed E-state index contributed by atoms with van der Waals surface area (Å²) in [7, 11) is 0. The molecule has 0 aromatic rings. The van der Waals surface area contributed by atoms with E-state index in [1.807, 2.05) is 0 Å².